The summed E-state index contributed by atoms with van der Waals surface area (Å²) in [6, 6.07) is 17.6. The van der Waals surface area contributed by atoms with Gasteiger partial charge in [0.1, 0.15) is 5.04 Å². The van der Waals surface area contributed by atoms with Crippen molar-refractivity contribution in [1.82, 2.24) is 0 Å². The molecular formula is C16H10BrNOS. The van der Waals surface area contributed by atoms with E-state index in [4.69, 9.17) is 0 Å². The largest absolute Gasteiger partial charge is 0.284 e. The normalized spacial score (nSPS) is 16.6. The molecule has 0 aromatic heterocycles. The lowest BCUT2D eigenvalue weighted by Gasteiger charge is -1.99. The molecule has 3 rings (SSSR count). The highest BCUT2D eigenvalue weighted by atomic mass is 79.9. The minimum Gasteiger partial charge on any atom is -0.266 e. The number of hydrogen-bond donors (Lipinski definition) is 0. The van der Waals surface area contributed by atoms with Crippen molar-refractivity contribution < 1.29 is 4.79 Å². The lowest BCUT2D eigenvalue weighted by molar-refractivity contribution is -0.113. The Morgan fingerprint density at radius 1 is 1.05 bits per heavy atom. The van der Waals surface area contributed by atoms with Crippen molar-refractivity contribution >= 4 is 44.7 Å². The topological polar surface area (TPSA) is 29.4 Å². The molecule has 1 amide bonds. The van der Waals surface area contributed by atoms with Gasteiger partial charge in [0.25, 0.3) is 5.91 Å². The quantitative estimate of drug-likeness (QED) is 0.750. The molecule has 0 fully saturated rings. The first kappa shape index (κ1) is 13.3. The first-order chi connectivity index (χ1) is 9.72. The Hall–Kier alpha value is -1.65. The van der Waals surface area contributed by atoms with Crippen LogP contribution in [0.25, 0.3) is 6.08 Å². The molecule has 0 saturated heterocycles. The molecule has 2 aromatic carbocycles. The summed E-state index contributed by atoms with van der Waals surface area (Å²) < 4.78 is 0.992. The van der Waals surface area contributed by atoms with Gasteiger partial charge in [-0.25, -0.2) is 4.99 Å². The second-order valence-electron chi connectivity index (χ2n) is 4.25. The van der Waals surface area contributed by atoms with Crippen LogP contribution in [0, 0.1) is 0 Å². The van der Waals surface area contributed by atoms with Crippen molar-refractivity contribution in [3.63, 3.8) is 0 Å². The summed E-state index contributed by atoms with van der Waals surface area (Å²) in [5.41, 5.74) is 1.96. The average Bonchev–Trinajstić information content (AvgIpc) is 2.81. The van der Waals surface area contributed by atoms with E-state index in [0.717, 1.165) is 20.6 Å². The summed E-state index contributed by atoms with van der Waals surface area (Å²) in [5, 5.41) is 0.761. The van der Waals surface area contributed by atoms with Crippen LogP contribution in [-0.2, 0) is 4.79 Å². The third kappa shape index (κ3) is 2.92. The van der Waals surface area contributed by atoms with Gasteiger partial charge in [-0.05, 0) is 23.8 Å². The van der Waals surface area contributed by atoms with Crippen LogP contribution in [0.15, 0.2) is 69.0 Å². The fourth-order valence-electron chi connectivity index (χ4n) is 1.86. The number of benzene rings is 2. The van der Waals surface area contributed by atoms with Gasteiger partial charge in [0, 0.05) is 10.0 Å². The number of nitrogens with zero attached hydrogens (tertiary/aromatic N) is 1. The molecule has 0 N–H and O–H groups in total. The Kier molecular flexibility index (Phi) is 3.85. The number of aliphatic imine (C=N–C) groups is 1. The average molecular weight is 344 g/mol. The third-order valence-corrected chi connectivity index (χ3v) is 4.31. The van der Waals surface area contributed by atoms with Crippen molar-refractivity contribution in [3.05, 3.63) is 75.1 Å². The van der Waals surface area contributed by atoms with E-state index >= 15 is 0 Å². The van der Waals surface area contributed by atoms with E-state index in [9.17, 15) is 4.79 Å². The Bertz CT molecular complexity index is 722. The van der Waals surface area contributed by atoms with E-state index in [2.05, 4.69) is 20.9 Å². The second-order valence-corrected chi connectivity index (χ2v) is 6.20. The Morgan fingerprint density at radius 3 is 2.60 bits per heavy atom. The molecule has 0 spiro atoms. The zero-order chi connectivity index (χ0) is 13.9. The maximum atomic E-state index is 12.0. The molecule has 20 heavy (non-hydrogen) atoms. The van der Waals surface area contributed by atoms with Crippen molar-refractivity contribution in [1.29, 1.82) is 0 Å². The lowest BCUT2D eigenvalue weighted by atomic mass is 10.2. The summed E-state index contributed by atoms with van der Waals surface area (Å²) in [5.74, 6) is -0.172. The van der Waals surface area contributed by atoms with E-state index in [0.29, 0.717) is 4.91 Å². The van der Waals surface area contributed by atoms with Crippen molar-refractivity contribution in [2.45, 2.75) is 0 Å². The van der Waals surface area contributed by atoms with Crippen molar-refractivity contribution in [2.75, 3.05) is 0 Å². The number of thioether (sulfide) groups is 1. The summed E-state index contributed by atoms with van der Waals surface area (Å²) in [6.07, 6.45) is 1.87. The number of hydrogen-bond acceptors (Lipinski definition) is 2. The molecule has 2 nitrogen and oxygen atoms in total. The highest BCUT2D eigenvalue weighted by molar-refractivity contribution is 9.10. The van der Waals surface area contributed by atoms with Crippen LogP contribution < -0.4 is 0 Å². The van der Waals surface area contributed by atoms with Crippen molar-refractivity contribution in [2.24, 2.45) is 4.99 Å². The number of halogens is 1. The van der Waals surface area contributed by atoms with Gasteiger partial charge in [0.2, 0.25) is 0 Å². The summed E-state index contributed by atoms with van der Waals surface area (Å²) >= 11 is 4.84. The fourth-order valence-corrected chi connectivity index (χ4v) is 3.20. The maximum Gasteiger partial charge on any atom is 0.284 e. The molecule has 1 aliphatic heterocycles. The monoisotopic (exact) mass is 343 g/mol. The van der Waals surface area contributed by atoms with Crippen LogP contribution in [0.5, 0.6) is 0 Å². The molecule has 4 heteroatoms. The number of carbonyl (C=O) groups excluding carboxylic acids is 1. The van der Waals surface area contributed by atoms with Gasteiger partial charge >= 0.3 is 0 Å². The van der Waals surface area contributed by atoms with E-state index in [1.807, 2.05) is 60.7 Å². The van der Waals surface area contributed by atoms with E-state index in [-0.39, 0.29) is 5.91 Å². The predicted octanol–water partition coefficient (Wildman–Crippen LogP) is 4.51. The zero-order valence-electron chi connectivity index (χ0n) is 10.4. The number of carbonyl (C=O) groups is 1. The number of amides is 1. The Morgan fingerprint density at radius 2 is 1.85 bits per heavy atom. The first-order valence-corrected chi connectivity index (χ1v) is 7.67. The minimum atomic E-state index is -0.172. The van der Waals surface area contributed by atoms with Crippen LogP contribution >= 0.6 is 27.7 Å². The molecule has 0 saturated carbocycles. The van der Waals surface area contributed by atoms with Gasteiger partial charge in [-0.2, -0.15) is 0 Å². The summed E-state index contributed by atoms with van der Waals surface area (Å²) in [7, 11) is 0. The van der Waals surface area contributed by atoms with Gasteiger partial charge in [-0.15, -0.1) is 0 Å². The molecule has 98 valence electrons. The van der Waals surface area contributed by atoms with Crippen molar-refractivity contribution in [3.8, 4) is 0 Å². The fraction of sp³-hybridized carbons (Fsp3) is 0. The van der Waals surface area contributed by atoms with Crippen LogP contribution in [0.3, 0.4) is 0 Å². The molecule has 1 heterocycles. The Balaban J connectivity index is 1.87. The van der Waals surface area contributed by atoms with Crippen LogP contribution in [0.2, 0.25) is 0 Å². The first-order valence-electron chi connectivity index (χ1n) is 6.06. The molecule has 0 unspecified atom stereocenters. The van der Waals surface area contributed by atoms with Crippen LogP contribution in [-0.4, -0.2) is 11.0 Å². The maximum absolute atomic E-state index is 12.0. The van der Waals surface area contributed by atoms with Gasteiger partial charge in [-0.3, -0.25) is 4.79 Å². The smallest absolute Gasteiger partial charge is 0.266 e. The Labute approximate surface area is 129 Å². The van der Waals surface area contributed by atoms with Gasteiger partial charge in [-0.1, -0.05) is 70.2 Å². The third-order valence-electron chi connectivity index (χ3n) is 2.79. The van der Waals surface area contributed by atoms with Gasteiger partial charge in [0.15, 0.2) is 0 Å². The number of rotatable bonds is 2. The molecule has 1 aliphatic rings. The molecule has 0 atom stereocenters. The SMILES string of the molecule is O=C1N=C(c2ccccc2)S/C1=C/c1cccc(Br)c1. The summed E-state index contributed by atoms with van der Waals surface area (Å²) in [6.45, 7) is 0. The van der Waals surface area contributed by atoms with E-state index in [1.165, 1.54) is 11.8 Å². The van der Waals surface area contributed by atoms with E-state index < -0.39 is 0 Å². The molecule has 0 aliphatic carbocycles. The lowest BCUT2D eigenvalue weighted by Crippen LogP contribution is -1.89. The highest BCUT2D eigenvalue weighted by Gasteiger charge is 2.22. The van der Waals surface area contributed by atoms with Gasteiger partial charge < -0.3 is 0 Å². The highest BCUT2D eigenvalue weighted by Crippen LogP contribution is 2.31. The van der Waals surface area contributed by atoms with Gasteiger partial charge in [0.05, 0.1) is 4.91 Å². The van der Waals surface area contributed by atoms with Crippen LogP contribution in [0.1, 0.15) is 11.1 Å². The molecule has 0 radical (unpaired) electrons. The standard InChI is InChI=1S/C16H10BrNOS/c17-13-8-4-5-11(9-13)10-14-15(19)18-16(20-14)12-6-2-1-3-7-12/h1-10H/b14-10+. The predicted molar refractivity (Wildman–Crippen MR) is 87.7 cm³/mol. The van der Waals surface area contributed by atoms with Crippen LogP contribution in [0.4, 0.5) is 0 Å². The van der Waals surface area contributed by atoms with E-state index in [1.54, 1.807) is 0 Å². The summed E-state index contributed by atoms with van der Waals surface area (Å²) in [4.78, 5) is 16.7. The molecule has 0 bridgehead atoms. The zero-order valence-corrected chi connectivity index (χ0v) is 12.8. The molecule has 2 aromatic rings. The minimum absolute atomic E-state index is 0.172. The second kappa shape index (κ2) is 5.77. The molecular weight excluding hydrogens is 334 g/mol.